The largest absolute Gasteiger partial charge is 0.464 e. The number of aryl methyl sites for hydroxylation is 1. The van der Waals surface area contributed by atoms with Crippen molar-refractivity contribution in [3.05, 3.63) is 72.9 Å². The van der Waals surface area contributed by atoms with Crippen molar-refractivity contribution in [3.63, 3.8) is 0 Å². The number of rotatable bonds is 7. The lowest BCUT2D eigenvalue weighted by Gasteiger charge is -2.44. The van der Waals surface area contributed by atoms with E-state index in [2.05, 4.69) is 10.6 Å². The third kappa shape index (κ3) is 3.80. The van der Waals surface area contributed by atoms with Crippen molar-refractivity contribution in [1.29, 1.82) is 0 Å². The van der Waals surface area contributed by atoms with Crippen LogP contribution in [-0.2, 0) is 4.74 Å². The number of furan rings is 1. The summed E-state index contributed by atoms with van der Waals surface area (Å²) in [4.78, 5) is 39.7. The summed E-state index contributed by atoms with van der Waals surface area (Å²) < 4.78 is 11.3. The van der Waals surface area contributed by atoms with Gasteiger partial charge in [-0.1, -0.05) is 24.6 Å². The summed E-state index contributed by atoms with van der Waals surface area (Å²) in [6.07, 6.45) is 1.94. The van der Waals surface area contributed by atoms with Gasteiger partial charge in [0, 0.05) is 18.5 Å². The van der Waals surface area contributed by atoms with Gasteiger partial charge in [-0.15, -0.1) is 0 Å². The zero-order valence-corrected chi connectivity index (χ0v) is 19.8. The molecule has 0 spiro atoms. The molecular weight excluding hydrogens is 458 g/mol. The Morgan fingerprint density at radius 3 is 2.41 bits per heavy atom. The molecule has 34 heavy (non-hydrogen) atoms. The maximum Gasteiger partial charge on any atom is 0.255 e. The minimum Gasteiger partial charge on any atom is -0.464 e. The fourth-order valence-corrected chi connectivity index (χ4v) is 4.85. The molecule has 1 unspecified atom stereocenters. The first kappa shape index (κ1) is 22.7. The second kappa shape index (κ2) is 8.60. The Labute approximate surface area is 201 Å². The van der Waals surface area contributed by atoms with Crippen LogP contribution >= 0.6 is 11.6 Å². The number of halogens is 1. The summed E-state index contributed by atoms with van der Waals surface area (Å²) in [5.74, 6) is 1.28. The van der Waals surface area contributed by atoms with Crippen molar-refractivity contribution in [2.75, 3.05) is 36.9 Å². The van der Waals surface area contributed by atoms with Crippen LogP contribution in [0.1, 0.15) is 47.7 Å². The fourth-order valence-electron chi connectivity index (χ4n) is 4.60. The zero-order valence-electron chi connectivity index (χ0n) is 19.1. The Hall–Kier alpha value is -3.10. The van der Waals surface area contributed by atoms with Crippen molar-refractivity contribution in [2.45, 2.75) is 32.7 Å². The van der Waals surface area contributed by atoms with Crippen LogP contribution in [0.15, 0.2) is 44.3 Å². The predicted octanol–water partition coefficient (Wildman–Crippen LogP) is 4.01. The molecule has 178 valence electrons. The molecule has 0 radical (unpaired) electrons. The zero-order chi connectivity index (χ0) is 24.0. The van der Waals surface area contributed by atoms with Gasteiger partial charge in [-0.25, -0.2) is 0 Å². The van der Waals surface area contributed by atoms with Gasteiger partial charge in [-0.3, -0.25) is 14.4 Å². The van der Waals surface area contributed by atoms with Gasteiger partial charge in [-0.2, -0.15) is 0 Å². The van der Waals surface area contributed by atoms with Crippen LogP contribution in [0.2, 0.25) is 5.02 Å². The first-order valence-electron chi connectivity index (χ1n) is 11.4. The van der Waals surface area contributed by atoms with Crippen LogP contribution in [0.5, 0.6) is 0 Å². The molecule has 2 aromatic carbocycles. The SMILES string of the molecule is Cc1ccc(C(Nc2c(Nc3cccc(C(=O)N4CCCC4)c3Cl)c(=O)c2=O)C2(C)COC2)o1. The summed E-state index contributed by atoms with van der Waals surface area (Å²) in [5.41, 5.74) is -0.505. The molecule has 0 bridgehead atoms. The van der Waals surface area contributed by atoms with Crippen LogP contribution in [-0.4, -0.2) is 37.1 Å². The van der Waals surface area contributed by atoms with Gasteiger partial charge in [0.25, 0.3) is 16.8 Å². The highest BCUT2D eigenvalue weighted by molar-refractivity contribution is 6.36. The molecule has 1 amide bonds. The Balaban J connectivity index is 1.43. The van der Waals surface area contributed by atoms with E-state index in [1.165, 1.54) is 0 Å². The Bertz CT molecular complexity index is 1310. The molecule has 9 heteroatoms. The van der Waals surface area contributed by atoms with Crippen LogP contribution in [0.3, 0.4) is 0 Å². The number of hydrogen-bond donors (Lipinski definition) is 2. The molecule has 0 saturated carbocycles. The van der Waals surface area contributed by atoms with Crippen molar-refractivity contribution < 1.29 is 13.9 Å². The smallest absolute Gasteiger partial charge is 0.255 e. The standard InChI is InChI=1S/C25H26ClN3O5/c1-14-8-9-17(34-14)23(25(2)12-33-13-25)28-20-19(21(30)22(20)31)27-16-7-5-6-15(18(16)26)24(32)29-10-3-4-11-29/h5-9,23,27-28H,3-4,10-13H2,1-2H3. The number of hydrogen-bond acceptors (Lipinski definition) is 7. The number of benzene rings is 1. The van der Waals surface area contributed by atoms with E-state index in [0.29, 0.717) is 43.3 Å². The van der Waals surface area contributed by atoms with Gasteiger partial charge in [0.2, 0.25) is 0 Å². The molecule has 2 fully saturated rings. The summed E-state index contributed by atoms with van der Waals surface area (Å²) in [5, 5.41) is 6.45. The second-order valence-corrected chi connectivity index (χ2v) is 9.75. The molecule has 0 aliphatic carbocycles. The quantitative estimate of drug-likeness (QED) is 0.490. The summed E-state index contributed by atoms with van der Waals surface area (Å²) in [6.45, 7) is 6.28. The Morgan fingerprint density at radius 2 is 1.79 bits per heavy atom. The van der Waals surface area contributed by atoms with Gasteiger partial charge >= 0.3 is 0 Å². The highest BCUT2D eigenvalue weighted by atomic mass is 35.5. The normalized spacial score (nSPS) is 18.0. The van der Waals surface area contributed by atoms with Crippen LogP contribution < -0.4 is 21.5 Å². The Morgan fingerprint density at radius 1 is 1.09 bits per heavy atom. The van der Waals surface area contributed by atoms with Crippen molar-refractivity contribution >= 4 is 34.6 Å². The van der Waals surface area contributed by atoms with Crippen LogP contribution in [0.4, 0.5) is 17.1 Å². The van der Waals surface area contributed by atoms with E-state index in [9.17, 15) is 14.4 Å². The average Bonchev–Trinajstić information content (AvgIpc) is 3.49. The van der Waals surface area contributed by atoms with E-state index in [4.69, 9.17) is 20.8 Å². The number of amides is 1. The molecule has 5 rings (SSSR count). The van der Waals surface area contributed by atoms with Gasteiger partial charge in [0.15, 0.2) is 0 Å². The van der Waals surface area contributed by atoms with E-state index in [-0.39, 0.29) is 33.8 Å². The molecule has 2 saturated heterocycles. The molecule has 8 nitrogen and oxygen atoms in total. The number of carbonyl (C=O) groups excluding carboxylic acids is 1. The first-order valence-corrected chi connectivity index (χ1v) is 11.7. The predicted molar refractivity (Wildman–Crippen MR) is 130 cm³/mol. The van der Waals surface area contributed by atoms with Gasteiger partial charge in [0.05, 0.1) is 35.5 Å². The maximum absolute atomic E-state index is 12.9. The van der Waals surface area contributed by atoms with E-state index in [1.807, 2.05) is 26.0 Å². The van der Waals surface area contributed by atoms with Crippen LogP contribution in [0.25, 0.3) is 0 Å². The molecule has 3 heterocycles. The summed E-state index contributed by atoms with van der Waals surface area (Å²) >= 11 is 6.57. The molecule has 2 aliphatic heterocycles. The lowest BCUT2D eigenvalue weighted by atomic mass is 9.79. The topological polar surface area (TPSA) is 101 Å². The van der Waals surface area contributed by atoms with Gasteiger partial charge < -0.3 is 24.7 Å². The van der Waals surface area contributed by atoms with Crippen molar-refractivity contribution in [1.82, 2.24) is 4.90 Å². The molecular formula is C25H26ClN3O5. The lowest BCUT2D eigenvalue weighted by molar-refractivity contribution is -0.115. The number of likely N-dealkylation sites (tertiary alicyclic amines) is 1. The maximum atomic E-state index is 12.9. The first-order chi connectivity index (χ1) is 16.3. The number of anilines is 3. The van der Waals surface area contributed by atoms with Gasteiger partial charge in [0.1, 0.15) is 22.9 Å². The minimum atomic E-state index is -0.640. The molecule has 1 aromatic heterocycles. The minimum absolute atomic E-state index is 0.120. The number of nitrogens with one attached hydrogen (secondary N) is 2. The van der Waals surface area contributed by atoms with Gasteiger partial charge in [-0.05, 0) is 44.0 Å². The average molecular weight is 484 g/mol. The number of nitrogens with zero attached hydrogens (tertiary/aromatic N) is 1. The Kier molecular flexibility index (Phi) is 5.73. The molecule has 1 atom stereocenters. The monoisotopic (exact) mass is 483 g/mol. The van der Waals surface area contributed by atoms with E-state index in [0.717, 1.165) is 18.6 Å². The van der Waals surface area contributed by atoms with Crippen molar-refractivity contribution in [2.24, 2.45) is 5.41 Å². The third-order valence-electron chi connectivity index (χ3n) is 6.69. The second-order valence-electron chi connectivity index (χ2n) is 9.37. The van der Waals surface area contributed by atoms with E-state index < -0.39 is 10.9 Å². The summed E-state index contributed by atoms with van der Waals surface area (Å²) in [6, 6.07) is 8.41. The fraction of sp³-hybridized carbons (Fsp3) is 0.400. The number of ether oxygens (including phenoxy) is 1. The third-order valence-corrected chi connectivity index (χ3v) is 7.09. The molecule has 2 N–H and O–H groups in total. The molecule has 3 aromatic rings. The summed E-state index contributed by atoms with van der Waals surface area (Å²) in [7, 11) is 0. The highest BCUT2D eigenvalue weighted by Gasteiger charge is 2.45. The van der Waals surface area contributed by atoms with E-state index in [1.54, 1.807) is 23.1 Å². The van der Waals surface area contributed by atoms with E-state index >= 15 is 0 Å². The lowest BCUT2D eigenvalue weighted by Crippen LogP contribution is -2.49. The van der Waals surface area contributed by atoms with Crippen molar-refractivity contribution in [3.8, 4) is 0 Å². The number of carbonyl (C=O) groups is 1. The highest BCUT2D eigenvalue weighted by Crippen LogP contribution is 2.43. The van der Waals surface area contributed by atoms with Crippen LogP contribution in [0, 0.1) is 12.3 Å². The molecule has 2 aliphatic rings.